The van der Waals surface area contributed by atoms with Crippen molar-refractivity contribution < 1.29 is 14.3 Å². The van der Waals surface area contributed by atoms with Gasteiger partial charge in [0.1, 0.15) is 11.9 Å². The fourth-order valence-corrected chi connectivity index (χ4v) is 2.32. The predicted molar refractivity (Wildman–Crippen MR) is 78.1 cm³/mol. The SMILES string of the molecule is CNc1cc(C)nc([C@@H]2COCCN2C(=O)CCOC)n1. The molecule has 1 saturated heterocycles. The number of rotatable bonds is 5. The van der Waals surface area contributed by atoms with E-state index in [1.165, 1.54) is 0 Å². The summed E-state index contributed by atoms with van der Waals surface area (Å²) in [6, 6.07) is 1.62. The first-order chi connectivity index (χ1) is 10.2. The maximum Gasteiger partial charge on any atom is 0.225 e. The van der Waals surface area contributed by atoms with E-state index in [-0.39, 0.29) is 11.9 Å². The maximum atomic E-state index is 12.3. The average molecular weight is 294 g/mol. The molecular weight excluding hydrogens is 272 g/mol. The third kappa shape index (κ3) is 3.89. The van der Waals surface area contributed by atoms with Gasteiger partial charge in [-0.2, -0.15) is 0 Å². The van der Waals surface area contributed by atoms with Gasteiger partial charge in [0, 0.05) is 32.5 Å². The number of carbonyl (C=O) groups is 1. The summed E-state index contributed by atoms with van der Waals surface area (Å²) in [6.45, 7) is 3.84. The highest BCUT2D eigenvalue weighted by atomic mass is 16.5. The summed E-state index contributed by atoms with van der Waals surface area (Å²) in [5, 5.41) is 3.01. The number of anilines is 1. The van der Waals surface area contributed by atoms with Crippen molar-refractivity contribution in [2.24, 2.45) is 0 Å². The summed E-state index contributed by atoms with van der Waals surface area (Å²) >= 11 is 0. The molecule has 1 aromatic rings. The van der Waals surface area contributed by atoms with Gasteiger partial charge in [-0.3, -0.25) is 4.79 Å². The topological polar surface area (TPSA) is 76.6 Å². The van der Waals surface area contributed by atoms with Gasteiger partial charge in [0.25, 0.3) is 0 Å². The molecule has 1 aliphatic heterocycles. The van der Waals surface area contributed by atoms with Gasteiger partial charge in [-0.15, -0.1) is 0 Å². The summed E-state index contributed by atoms with van der Waals surface area (Å²) in [5.74, 6) is 1.40. The van der Waals surface area contributed by atoms with Gasteiger partial charge >= 0.3 is 0 Å². The van der Waals surface area contributed by atoms with Gasteiger partial charge in [-0.25, -0.2) is 9.97 Å². The Hall–Kier alpha value is -1.73. The van der Waals surface area contributed by atoms with Crippen LogP contribution in [0.1, 0.15) is 24.0 Å². The molecule has 0 spiro atoms. The minimum atomic E-state index is -0.241. The van der Waals surface area contributed by atoms with E-state index < -0.39 is 0 Å². The molecule has 116 valence electrons. The van der Waals surface area contributed by atoms with Crippen LogP contribution < -0.4 is 5.32 Å². The van der Waals surface area contributed by atoms with Crippen LogP contribution in [0.2, 0.25) is 0 Å². The number of carbonyl (C=O) groups excluding carboxylic acids is 1. The zero-order valence-corrected chi connectivity index (χ0v) is 12.8. The Morgan fingerprint density at radius 2 is 2.38 bits per heavy atom. The molecule has 2 heterocycles. The Morgan fingerprint density at radius 3 is 3.10 bits per heavy atom. The molecule has 1 aromatic heterocycles. The summed E-state index contributed by atoms with van der Waals surface area (Å²) in [7, 11) is 3.40. The van der Waals surface area contributed by atoms with Crippen LogP contribution >= 0.6 is 0 Å². The second kappa shape index (κ2) is 7.33. The smallest absolute Gasteiger partial charge is 0.225 e. The van der Waals surface area contributed by atoms with Gasteiger partial charge < -0.3 is 19.7 Å². The van der Waals surface area contributed by atoms with Crippen molar-refractivity contribution in [3.63, 3.8) is 0 Å². The van der Waals surface area contributed by atoms with Gasteiger partial charge in [0.15, 0.2) is 5.82 Å². The summed E-state index contributed by atoms with van der Waals surface area (Å²) in [4.78, 5) is 23.0. The van der Waals surface area contributed by atoms with Gasteiger partial charge in [0.05, 0.1) is 26.2 Å². The van der Waals surface area contributed by atoms with Gasteiger partial charge in [-0.1, -0.05) is 0 Å². The standard InChI is InChI=1S/C14H22N4O3/c1-10-8-12(15-2)17-14(16-10)11-9-21-7-5-18(11)13(19)4-6-20-3/h8,11H,4-7,9H2,1-3H3,(H,15,16,17)/t11-/m0/s1. The monoisotopic (exact) mass is 294 g/mol. The van der Waals surface area contributed by atoms with Gasteiger partial charge in [-0.05, 0) is 6.92 Å². The molecular formula is C14H22N4O3. The number of hydrogen-bond donors (Lipinski definition) is 1. The largest absolute Gasteiger partial charge is 0.384 e. The summed E-state index contributed by atoms with van der Waals surface area (Å²) in [5.41, 5.74) is 0.860. The average Bonchev–Trinajstić information content (AvgIpc) is 2.51. The van der Waals surface area contributed by atoms with E-state index in [1.807, 2.05) is 20.0 Å². The van der Waals surface area contributed by atoms with Crippen LogP contribution in [0.5, 0.6) is 0 Å². The van der Waals surface area contributed by atoms with Crippen molar-refractivity contribution in [2.45, 2.75) is 19.4 Å². The van der Waals surface area contributed by atoms with Crippen molar-refractivity contribution in [1.82, 2.24) is 14.9 Å². The quantitative estimate of drug-likeness (QED) is 0.864. The zero-order valence-electron chi connectivity index (χ0n) is 12.8. The number of ether oxygens (including phenoxy) is 2. The molecule has 0 aromatic carbocycles. The van der Waals surface area contributed by atoms with Crippen LogP contribution in [0.15, 0.2) is 6.07 Å². The van der Waals surface area contributed by atoms with E-state index in [0.29, 0.717) is 38.6 Å². The molecule has 0 aliphatic carbocycles. The first-order valence-electron chi connectivity index (χ1n) is 7.05. The Bertz CT molecular complexity index is 495. The first-order valence-corrected chi connectivity index (χ1v) is 7.05. The minimum Gasteiger partial charge on any atom is -0.384 e. The van der Waals surface area contributed by atoms with E-state index in [4.69, 9.17) is 9.47 Å². The predicted octanol–water partition coefficient (Wildman–Crippen LogP) is 0.763. The molecule has 0 bridgehead atoms. The highest BCUT2D eigenvalue weighted by Crippen LogP contribution is 2.23. The van der Waals surface area contributed by atoms with Crippen molar-refractivity contribution in [1.29, 1.82) is 0 Å². The van der Waals surface area contributed by atoms with E-state index in [0.717, 1.165) is 11.5 Å². The minimum absolute atomic E-state index is 0.0428. The third-order valence-electron chi connectivity index (χ3n) is 3.39. The van der Waals surface area contributed by atoms with Crippen LogP contribution in [0.25, 0.3) is 0 Å². The molecule has 1 N–H and O–H groups in total. The molecule has 0 radical (unpaired) electrons. The molecule has 2 rings (SSSR count). The van der Waals surface area contributed by atoms with Crippen LogP contribution in [-0.2, 0) is 14.3 Å². The lowest BCUT2D eigenvalue weighted by atomic mass is 10.2. The molecule has 1 fully saturated rings. The van der Waals surface area contributed by atoms with Crippen LogP contribution in [0, 0.1) is 6.92 Å². The van der Waals surface area contributed by atoms with E-state index >= 15 is 0 Å². The number of nitrogens with zero attached hydrogens (tertiary/aromatic N) is 3. The van der Waals surface area contributed by atoms with Crippen molar-refractivity contribution in [3.8, 4) is 0 Å². The summed E-state index contributed by atoms with van der Waals surface area (Å²) < 4.78 is 10.5. The third-order valence-corrected chi connectivity index (χ3v) is 3.39. The fourth-order valence-electron chi connectivity index (χ4n) is 2.32. The maximum absolute atomic E-state index is 12.3. The molecule has 0 unspecified atom stereocenters. The van der Waals surface area contributed by atoms with Crippen LogP contribution in [-0.4, -0.2) is 61.3 Å². The van der Waals surface area contributed by atoms with E-state index in [9.17, 15) is 4.79 Å². The molecule has 1 atom stereocenters. The highest BCUT2D eigenvalue weighted by Gasteiger charge is 2.30. The Morgan fingerprint density at radius 1 is 1.57 bits per heavy atom. The van der Waals surface area contributed by atoms with Crippen LogP contribution in [0.3, 0.4) is 0 Å². The molecule has 0 saturated carbocycles. The summed E-state index contributed by atoms with van der Waals surface area (Å²) in [6.07, 6.45) is 0.359. The van der Waals surface area contributed by atoms with E-state index in [2.05, 4.69) is 15.3 Å². The lowest BCUT2D eigenvalue weighted by Crippen LogP contribution is -2.44. The number of hydrogen-bond acceptors (Lipinski definition) is 6. The first kappa shape index (κ1) is 15.7. The van der Waals surface area contributed by atoms with Crippen molar-refractivity contribution in [3.05, 3.63) is 17.6 Å². The molecule has 7 heteroatoms. The number of methoxy groups -OCH3 is 1. The van der Waals surface area contributed by atoms with Crippen molar-refractivity contribution in [2.75, 3.05) is 45.8 Å². The normalized spacial score (nSPS) is 18.6. The molecule has 7 nitrogen and oxygen atoms in total. The highest BCUT2D eigenvalue weighted by molar-refractivity contribution is 5.76. The second-order valence-corrected chi connectivity index (χ2v) is 4.92. The Labute approximate surface area is 124 Å². The molecule has 21 heavy (non-hydrogen) atoms. The molecule has 1 amide bonds. The van der Waals surface area contributed by atoms with Crippen LogP contribution in [0.4, 0.5) is 5.82 Å². The van der Waals surface area contributed by atoms with E-state index in [1.54, 1.807) is 12.0 Å². The lowest BCUT2D eigenvalue weighted by Gasteiger charge is -2.34. The number of aryl methyl sites for hydroxylation is 1. The lowest BCUT2D eigenvalue weighted by molar-refractivity contribution is -0.141. The number of aromatic nitrogens is 2. The zero-order chi connectivity index (χ0) is 15.2. The Balaban J connectivity index is 2.21. The number of nitrogens with one attached hydrogen (secondary N) is 1. The van der Waals surface area contributed by atoms with Crippen molar-refractivity contribution >= 4 is 11.7 Å². The Kier molecular flexibility index (Phi) is 5.46. The second-order valence-electron chi connectivity index (χ2n) is 4.92. The van der Waals surface area contributed by atoms with Gasteiger partial charge in [0.2, 0.25) is 5.91 Å². The number of morpholine rings is 1. The molecule has 1 aliphatic rings. The number of amides is 1. The fraction of sp³-hybridized carbons (Fsp3) is 0.643.